The predicted octanol–water partition coefficient (Wildman–Crippen LogP) is 2.31. The molecule has 1 unspecified atom stereocenters. The highest BCUT2D eigenvalue weighted by atomic mass is 127. The fraction of sp³-hybridized carbons (Fsp3) is 0.588. The molecule has 2 heterocycles. The molecule has 1 atom stereocenters. The van der Waals surface area contributed by atoms with Crippen LogP contribution in [0, 0.1) is 0 Å². The lowest BCUT2D eigenvalue weighted by molar-refractivity contribution is -0.137. The van der Waals surface area contributed by atoms with Crippen molar-refractivity contribution in [2.75, 3.05) is 38.5 Å². The number of halogens is 4. The Morgan fingerprint density at radius 2 is 2.14 bits per heavy atom. The van der Waals surface area contributed by atoms with Crippen molar-refractivity contribution in [2.45, 2.75) is 32.0 Å². The number of hydrogen-bond donors (Lipinski definition) is 3. The van der Waals surface area contributed by atoms with Gasteiger partial charge in [0.1, 0.15) is 5.82 Å². The average molecular weight is 514 g/mol. The van der Waals surface area contributed by atoms with E-state index in [1.807, 2.05) is 11.8 Å². The van der Waals surface area contributed by atoms with Gasteiger partial charge in [-0.3, -0.25) is 9.79 Å². The standard InChI is InChI=1S/C17H25F3N6O.HI/c1-3-14(27)26-10-6-12(11-26)25-16(21-2)24-9-8-23-15-13(17(18,19)20)5-4-7-22-15;/h4-5,7,12H,3,6,8-11H2,1-2H3,(H,22,23)(H2,21,24,25);1H. The third kappa shape index (κ3) is 6.99. The Morgan fingerprint density at radius 1 is 1.39 bits per heavy atom. The number of aromatic nitrogens is 1. The first-order chi connectivity index (χ1) is 12.8. The monoisotopic (exact) mass is 514 g/mol. The number of rotatable bonds is 6. The number of pyridine rings is 1. The molecule has 0 saturated carbocycles. The van der Waals surface area contributed by atoms with Gasteiger partial charge >= 0.3 is 6.18 Å². The summed E-state index contributed by atoms with van der Waals surface area (Å²) in [7, 11) is 1.62. The molecule has 2 rings (SSSR count). The minimum absolute atomic E-state index is 0. The maximum atomic E-state index is 12.9. The van der Waals surface area contributed by atoms with Crippen LogP contribution in [0.25, 0.3) is 0 Å². The number of aliphatic imine (C=N–C) groups is 1. The van der Waals surface area contributed by atoms with Crippen LogP contribution in [-0.4, -0.2) is 61.0 Å². The van der Waals surface area contributed by atoms with E-state index in [9.17, 15) is 18.0 Å². The van der Waals surface area contributed by atoms with Crippen LogP contribution in [0.5, 0.6) is 0 Å². The molecular formula is C17H26F3IN6O. The molecular weight excluding hydrogens is 488 g/mol. The molecule has 0 radical (unpaired) electrons. The summed E-state index contributed by atoms with van der Waals surface area (Å²) in [6.07, 6.45) is -1.83. The molecule has 1 aromatic heterocycles. The van der Waals surface area contributed by atoms with Gasteiger partial charge in [-0.1, -0.05) is 6.92 Å². The Morgan fingerprint density at radius 3 is 2.79 bits per heavy atom. The predicted molar refractivity (Wildman–Crippen MR) is 113 cm³/mol. The van der Waals surface area contributed by atoms with Gasteiger partial charge in [0.15, 0.2) is 5.96 Å². The van der Waals surface area contributed by atoms with Gasteiger partial charge in [0.2, 0.25) is 5.91 Å². The van der Waals surface area contributed by atoms with Crippen LogP contribution in [0.3, 0.4) is 0 Å². The highest BCUT2D eigenvalue weighted by molar-refractivity contribution is 14.0. The van der Waals surface area contributed by atoms with E-state index in [0.717, 1.165) is 12.5 Å². The topological polar surface area (TPSA) is 81.7 Å². The molecule has 11 heteroatoms. The van der Waals surface area contributed by atoms with Gasteiger partial charge in [-0.05, 0) is 18.6 Å². The maximum Gasteiger partial charge on any atom is 0.419 e. The molecule has 1 aromatic rings. The second-order valence-corrected chi connectivity index (χ2v) is 6.15. The number of guanidine groups is 1. The number of likely N-dealkylation sites (tertiary alicyclic amines) is 1. The number of hydrogen-bond acceptors (Lipinski definition) is 4. The molecule has 28 heavy (non-hydrogen) atoms. The summed E-state index contributed by atoms with van der Waals surface area (Å²) in [5, 5.41) is 8.97. The second kappa shape index (κ2) is 11.3. The Hall–Kier alpha value is -1.79. The van der Waals surface area contributed by atoms with E-state index < -0.39 is 11.7 Å². The fourth-order valence-electron chi connectivity index (χ4n) is 2.85. The highest BCUT2D eigenvalue weighted by Gasteiger charge is 2.34. The van der Waals surface area contributed by atoms with E-state index in [1.54, 1.807) is 7.05 Å². The zero-order valence-electron chi connectivity index (χ0n) is 15.8. The van der Waals surface area contributed by atoms with E-state index in [-0.39, 0.29) is 48.3 Å². The van der Waals surface area contributed by atoms with Crippen molar-refractivity contribution >= 4 is 41.7 Å². The number of nitrogens with one attached hydrogen (secondary N) is 3. The van der Waals surface area contributed by atoms with Crippen LogP contribution in [0.15, 0.2) is 23.3 Å². The SMILES string of the molecule is CCC(=O)N1CCC(NC(=NC)NCCNc2ncccc2C(F)(F)F)C1.I. The molecule has 0 aromatic carbocycles. The van der Waals surface area contributed by atoms with Crippen LogP contribution in [0.1, 0.15) is 25.3 Å². The van der Waals surface area contributed by atoms with Crippen molar-refractivity contribution in [3.8, 4) is 0 Å². The quantitative estimate of drug-likeness (QED) is 0.235. The van der Waals surface area contributed by atoms with Gasteiger partial charge in [-0.15, -0.1) is 24.0 Å². The molecule has 0 bridgehead atoms. The molecule has 158 valence electrons. The van der Waals surface area contributed by atoms with E-state index in [0.29, 0.717) is 32.0 Å². The summed E-state index contributed by atoms with van der Waals surface area (Å²) in [4.78, 5) is 21.4. The summed E-state index contributed by atoms with van der Waals surface area (Å²) >= 11 is 0. The summed E-state index contributed by atoms with van der Waals surface area (Å²) in [6, 6.07) is 2.35. The van der Waals surface area contributed by atoms with Gasteiger partial charge in [-0.25, -0.2) is 4.98 Å². The van der Waals surface area contributed by atoms with Crippen molar-refractivity contribution < 1.29 is 18.0 Å². The minimum atomic E-state index is -4.45. The van der Waals surface area contributed by atoms with Crippen LogP contribution in [0.2, 0.25) is 0 Å². The Kier molecular flexibility index (Phi) is 9.76. The van der Waals surface area contributed by atoms with Crippen molar-refractivity contribution in [2.24, 2.45) is 4.99 Å². The Balaban J connectivity index is 0.00000392. The first-order valence-corrected chi connectivity index (χ1v) is 8.86. The Bertz CT molecular complexity index is 671. The van der Waals surface area contributed by atoms with E-state index >= 15 is 0 Å². The average Bonchev–Trinajstić information content (AvgIpc) is 3.11. The number of amides is 1. The Labute approximate surface area is 179 Å². The number of carbonyl (C=O) groups is 1. The molecule has 1 fully saturated rings. The third-order valence-electron chi connectivity index (χ3n) is 4.23. The lowest BCUT2D eigenvalue weighted by Gasteiger charge is -2.19. The van der Waals surface area contributed by atoms with Gasteiger partial charge in [0.05, 0.1) is 5.56 Å². The van der Waals surface area contributed by atoms with Crippen LogP contribution >= 0.6 is 24.0 Å². The molecule has 1 aliphatic heterocycles. The zero-order chi connectivity index (χ0) is 19.9. The summed E-state index contributed by atoms with van der Waals surface area (Å²) < 4.78 is 38.8. The normalized spacial score (nSPS) is 17.1. The van der Waals surface area contributed by atoms with Crippen LogP contribution in [-0.2, 0) is 11.0 Å². The highest BCUT2D eigenvalue weighted by Crippen LogP contribution is 2.33. The van der Waals surface area contributed by atoms with Crippen molar-refractivity contribution in [3.63, 3.8) is 0 Å². The van der Waals surface area contributed by atoms with Gasteiger partial charge in [0, 0.05) is 51.9 Å². The van der Waals surface area contributed by atoms with Gasteiger partial charge in [-0.2, -0.15) is 13.2 Å². The number of nitrogens with zero attached hydrogens (tertiary/aromatic N) is 3. The molecule has 1 amide bonds. The maximum absolute atomic E-state index is 12.9. The lowest BCUT2D eigenvalue weighted by Crippen LogP contribution is -2.46. The molecule has 3 N–H and O–H groups in total. The van der Waals surface area contributed by atoms with Crippen LogP contribution in [0.4, 0.5) is 19.0 Å². The number of anilines is 1. The molecule has 1 saturated heterocycles. The summed E-state index contributed by atoms with van der Waals surface area (Å²) in [5.74, 6) is 0.478. The first-order valence-electron chi connectivity index (χ1n) is 8.86. The molecule has 0 aliphatic carbocycles. The molecule has 0 spiro atoms. The van der Waals surface area contributed by atoms with E-state index in [1.165, 1.54) is 12.3 Å². The minimum Gasteiger partial charge on any atom is -0.368 e. The smallest absolute Gasteiger partial charge is 0.368 e. The summed E-state index contributed by atoms with van der Waals surface area (Å²) in [6.45, 7) is 3.77. The molecule has 1 aliphatic rings. The number of carbonyl (C=O) groups excluding carboxylic acids is 1. The first kappa shape index (κ1) is 24.2. The molecule has 7 nitrogen and oxygen atoms in total. The van der Waals surface area contributed by atoms with Crippen molar-refractivity contribution in [1.82, 2.24) is 20.5 Å². The fourth-order valence-corrected chi connectivity index (χ4v) is 2.85. The van der Waals surface area contributed by atoms with E-state index in [4.69, 9.17) is 0 Å². The van der Waals surface area contributed by atoms with E-state index in [2.05, 4.69) is 25.9 Å². The number of alkyl halides is 3. The second-order valence-electron chi connectivity index (χ2n) is 6.15. The van der Waals surface area contributed by atoms with Crippen LogP contribution < -0.4 is 16.0 Å². The van der Waals surface area contributed by atoms with Gasteiger partial charge < -0.3 is 20.9 Å². The van der Waals surface area contributed by atoms with Gasteiger partial charge in [0.25, 0.3) is 0 Å². The van der Waals surface area contributed by atoms with Crippen molar-refractivity contribution in [3.05, 3.63) is 23.9 Å². The third-order valence-corrected chi connectivity index (χ3v) is 4.23. The zero-order valence-corrected chi connectivity index (χ0v) is 18.2. The largest absolute Gasteiger partial charge is 0.419 e. The lowest BCUT2D eigenvalue weighted by atomic mass is 10.2. The van der Waals surface area contributed by atoms with Crippen molar-refractivity contribution in [1.29, 1.82) is 0 Å². The summed E-state index contributed by atoms with van der Waals surface area (Å²) in [5.41, 5.74) is -0.792.